The Morgan fingerprint density at radius 3 is 1.70 bits per heavy atom. The molecule has 23 heavy (non-hydrogen) atoms. The zero-order valence-corrected chi connectivity index (χ0v) is 14.2. The molecule has 0 N–H and O–H groups in total. The maximum Gasteiger partial charge on any atom is 0.362 e. The zero-order chi connectivity index (χ0) is 15.1. The lowest BCUT2D eigenvalue weighted by Crippen LogP contribution is -3.00. The summed E-state index contributed by atoms with van der Waals surface area (Å²) in [4.78, 5) is 0. The minimum Gasteiger partial charge on any atom is -1.00 e. The van der Waals surface area contributed by atoms with Gasteiger partial charge in [-0.2, -0.15) is 0 Å². The van der Waals surface area contributed by atoms with Gasteiger partial charge in [0.25, 0.3) is 0 Å². The van der Waals surface area contributed by atoms with Crippen molar-refractivity contribution in [1.82, 2.24) is 0 Å². The first-order valence-corrected chi connectivity index (χ1v) is 7.68. The maximum absolute atomic E-state index is 6.11. The molecule has 0 atom stereocenters. The lowest BCUT2D eigenvalue weighted by atomic mass is 9.97. The minimum atomic E-state index is 0. The van der Waals surface area contributed by atoms with Crippen LogP contribution in [0.5, 0.6) is 0 Å². The highest BCUT2D eigenvalue weighted by Crippen LogP contribution is 2.38. The second-order valence-electron chi connectivity index (χ2n) is 5.12. The van der Waals surface area contributed by atoms with Crippen LogP contribution in [0.25, 0.3) is 33.1 Å². The lowest BCUT2D eigenvalue weighted by molar-refractivity contribution is -0.00000449. The van der Waals surface area contributed by atoms with Crippen molar-refractivity contribution in [2.24, 2.45) is 0 Å². The predicted molar refractivity (Wildman–Crippen MR) is 93.6 cm³/mol. The second kappa shape index (κ2) is 6.37. The van der Waals surface area contributed by atoms with Crippen LogP contribution < -0.4 is 12.4 Å². The Bertz CT molecular complexity index is 937. The topological polar surface area (TPSA) is 11.3 Å². The Balaban J connectivity index is 0.00000156. The summed E-state index contributed by atoms with van der Waals surface area (Å²) in [6, 6.07) is 21.7. The van der Waals surface area contributed by atoms with Crippen LogP contribution in [-0.4, -0.2) is 0 Å². The molecule has 0 saturated carbocycles. The Kier molecular flexibility index (Phi) is 4.45. The molecule has 1 aromatic heterocycles. The molecule has 0 aliphatic rings. The summed E-state index contributed by atoms with van der Waals surface area (Å²) in [5.41, 5.74) is 3.77. The Morgan fingerprint density at radius 1 is 0.652 bits per heavy atom. The number of halogens is 3. The SMILES string of the molecule is Clc1ccc2c(-c3ccccc3)c3ccc(Cl)cc3[o+]c2c1.[Cl-]. The first-order valence-electron chi connectivity index (χ1n) is 6.92. The summed E-state index contributed by atoms with van der Waals surface area (Å²) >= 11 is 12.2. The lowest BCUT2D eigenvalue weighted by Gasteiger charge is -2.05. The van der Waals surface area contributed by atoms with E-state index in [0.29, 0.717) is 10.0 Å². The fourth-order valence-corrected chi connectivity index (χ4v) is 3.08. The molecule has 0 aliphatic heterocycles. The van der Waals surface area contributed by atoms with E-state index >= 15 is 0 Å². The van der Waals surface area contributed by atoms with E-state index in [-0.39, 0.29) is 12.4 Å². The van der Waals surface area contributed by atoms with Gasteiger partial charge in [-0.05, 0) is 29.8 Å². The molecule has 0 saturated heterocycles. The van der Waals surface area contributed by atoms with Crippen molar-refractivity contribution in [2.75, 3.05) is 0 Å². The van der Waals surface area contributed by atoms with Crippen LogP contribution in [0.1, 0.15) is 0 Å². The quantitative estimate of drug-likeness (QED) is 0.370. The van der Waals surface area contributed by atoms with Crippen LogP contribution in [0, 0.1) is 0 Å². The smallest absolute Gasteiger partial charge is 0.362 e. The Hall–Kier alpha value is -1.80. The first-order chi connectivity index (χ1) is 10.7. The third kappa shape index (κ3) is 2.88. The molecule has 1 nitrogen and oxygen atoms in total. The van der Waals surface area contributed by atoms with E-state index in [1.165, 1.54) is 0 Å². The molecule has 4 rings (SSSR count). The van der Waals surface area contributed by atoms with Crippen LogP contribution in [0.15, 0.2) is 71.1 Å². The van der Waals surface area contributed by atoms with Crippen molar-refractivity contribution < 1.29 is 16.8 Å². The molecule has 1 heterocycles. The van der Waals surface area contributed by atoms with E-state index in [4.69, 9.17) is 27.6 Å². The van der Waals surface area contributed by atoms with E-state index in [9.17, 15) is 0 Å². The molecule has 0 unspecified atom stereocenters. The molecule has 114 valence electrons. The molecule has 0 amide bonds. The number of rotatable bonds is 1. The zero-order valence-electron chi connectivity index (χ0n) is 11.9. The average Bonchev–Trinajstić information content (AvgIpc) is 2.53. The first kappa shape index (κ1) is 16.1. The van der Waals surface area contributed by atoms with Crippen molar-refractivity contribution in [3.05, 3.63) is 76.8 Å². The molecule has 4 aromatic rings. The van der Waals surface area contributed by atoms with Gasteiger partial charge in [0.05, 0.1) is 33.0 Å². The predicted octanol–water partition coefficient (Wildman–Crippen LogP) is 3.84. The fraction of sp³-hybridized carbons (Fsp3) is 0. The van der Waals surface area contributed by atoms with Gasteiger partial charge in [0, 0.05) is 5.56 Å². The minimum absolute atomic E-state index is 0. The highest BCUT2D eigenvalue weighted by molar-refractivity contribution is 6.32. The van der Waals surface area contributed by atoms with Gasteiger partial charge in [-0.15, -0.1) is 0 Å². The van der Waals surface area contributed by atoms with Gasteiger partial charge in [-0.25, -0.2) is 4.42 Å². The molecule has 0 fully saturated rings. The normalized spacial score (nSPS) is 10.7. The van der Waals surface area contributed by atoms with Crippen LogP contribution in [-0.2, 0) is 0 Å². The highest BCUT2D eigenvalue weighted by atomic mass is 35.5. The van der Waals surface area contributed by atoms with Gasteiger partial charge in [-0.1, -0.05) is 53.5 Å². The fourth-order valence-electron chi connectivity index (χ4n) is 2.75. The molecule has 0 spiro atoms. The third-order valence-corrected chi connectivity index (χ3v) is 4.18. The van der Waals surface area contributed by atoms with Crippen LogP contribution in [0.3, 0.4) is 0 Å². The van der Waals surface area contributed by atoms with E-state index in [2.05, 4.69) is 12.1 Å². The molecule has 4 heteroatoms. The van der Waals surface area contributed by atoms with Gasteiger partial charge in [-0.3, -0.25) is 0 Å². The van der Waals surface area contributed by atoms with Gasteiger partial charge in [0.1, 0.15) is 0 Å². The maximum atomic E-state index is 6.11. The summed E-state index contributed by atoms with van der Waals surface area (Å²) in [5, 5.41) is 3.36. The van der Waals surface area contributed by atoms with E-state index in [1.54, 1.807) is 0 Å². The van der Waals surface area contributed by atoms with Gasteiger partial charge >= 0.3 is 11.2 Å². The van der Waals surface area contributed by atoms with E-state index < -0.39 is 0 Å². The van der Waals surface area contributed by atoms with Crippen molar-refractivity contribution in [2.45, 2.75) is 0 Å². The van der Waals surface area contributed by atoms with Crippen LogP contribution >= 0.6 is 23.2 Å². The van der Waals surface area contributed by atoms with E-state index in [1.807, 2.05) is 54.6 Å². The molecule has 0 radical (unpaired) electrons. The number of benzene rings is 3. The van der Waals surface area contributed by atoms with Crippen LogP contribution in [0.2, 0.25) is 10.0 Å². The molecular formula is C19H11Cl3O. The number of fused-ring (bicyclic) bond motifs is 2. The number of hydrogen-bond donors (Lipinski definition) is 0. The van der Waals surface area contributed by atoms with Crippen molar-refractivity contribution in [3.8, 4) is 11.1 Å². The van der Waals surface area contributed by atoms with Gasteiger partial charge in [0.15, 0.2) is 0 Å². The monoisotopic (exact) mass is 360 g/mol. The molecule has 0 bridgehead atoms. The standard InChI is InChI=1S/C19H11Cl2O.ClH/c20-13-6-8-15-17(10-13)22-18-11-14(21)7-9-16(18)19(15)12-4-2-1-3-5-12;/h1-11H;1H/q+1;/p-1. The molecular weight excluding hydrogens is 351 g/mol. The van der Waals surface area contributed by atoms with Gasteiger partial charge in [0.2, 0.25) is 0 Å². The van der Waals surface area contributed by atoms with Gasteiger partial charge < -0.3 is 12.4 Å². The number of hydrogen-bond acceptors (Lipinski definition) is 0. The largest absolute Gasteiger partial charge is 1.00 e. The van der Waals surface area contributed by atoms with E-state index in [0.717, 1.165) is 33.1 Å². The van der Waals surface area contributed by atoms with Crippen molar-refractivity contribution in [3.63, 3.8) is 0 Å². The average molecular weight is 362 g/mol. The van der Waals surface area contributed by atoms with Crippen molar-refractivity contribution >= 4 is 45.1 Å². The summed E-state index contributed by atoms with van der Waals surface area (Å²) in [6.45, 7) is 0. The molecule has 3 aromatic carbocycles. The summed E-state index contributed by atoms with van der Waals surface area (Å²) in [6.07, 6.45) is 0. The molecule has 0 aliphatic carbocycles. The summed E-state index contributed by atoms with van der Waals surface area (Å²) in [7, 11) is 0. The highest BCUT2D eigenvalue weighted by Gasteiger charge is 2.20. The third-order valence-electron chi connectivity index (χ3n) is 3.71. The Labute approximate surface area is 149 Å². The second-order valence-corrected chi connectivity index (χ2v) is 6.00. The Morgan fingerprint density at radius 2 is 1.17 bits per heavy atom. The summed E-state index contributed by atoms with van der Waals surface area (Å²) < 4.78 is 6.00. The van der Waals surface area contributed by atoms with Crippen molar-refractivity contribution in [1.29, 1.82) is 0 Å². The van der Waals surface area contributed by atoms with Crippen LogP contribution in [0.4, 0.5) is 0 Å². The summed E-state index contributed by atoms with van der Waals surface area (Å²) in [5.74, 6) is 0.